The minimum absolute atomic E-state index is 0.00206. The molecule has 1 aromatic rings. The number of hydrogen-bond donors (Lipinski definition) is 1. The zero-order valence-electron chi connectivity index (χ0n) is 10.3. The molecule has 0 fully saturated rings. The van der Waals surface area contributed by atoms with Crippen molar-refractivity contribution in [1.82, 2.24) is 0 Å². The van der Waals surface area contributed by atoms with E-state index >= 15 is 0 Å². The van der Waals surface area contributed by atoms with Crippen molar-refractivity contribution in [2.24, 2.45) is 0 Å². The Morgan fingerprint density at radius 2 is 2.06 bits per heavy atom. The van der Waals surface area contributed by atoms with Gasteiger partial charge in [0.25, 0.3) is 0 Å². The molecule has 0 saturated carbocycles. The smallest absolute Gasteiger partial charge is 0.323 e. The molecule has 0 unspecified atom stereocenters. The van der Waals surface area contributed by atoms with Crippen LogP contribution in [0.3, 0.4) is 0 Å². The van der Waals surface area contributed by atoms with Gasteiger partial charge in [0, 0.05) is 6.54 Å². The van der Waals surface area contributed by atoms with Crippen LogP contribution in [-0.2, 0) is 4.79 Å². The van der Waals surface area contributed by atoms with Crippen LogP contribution in [-0.4, -0.2) is 30.8 Å². The first-order chi connectivity index (χ1) is 8.19. The van der Waals surface area contributed by atoms with Crippen LogP contribution in [0, 0.1) is 0 Å². The summed E-state index contributed by atoms with van der Waals surface area (Å²) in [5, 5.41) is 8.91. The number of rotatable bonds is 7. The fourth-order valence-corrected chi connectivity index (χ4v) is 1.71. The second-order valence-electron chi connectivity index (χ2n) is 3.72. The van der Waals surface area contributed by atoms with Gasteiger partial charge in [0.05, 0.1) is 12.3 Å². The lowest BCUT2D eigenvalue weighted by Gasteiger charge is -2.24. The number of hydrogen-bond acceptors (Lipinski definition) is 3. The van der Waals surface area contributed by atoms with Crippen molar-refractivity contribution in [3.63, 3.8) is 0 Å². The Bertz CT molecular complexity index is 365. The molecule has 4 heteroatoms. The van der Waals surface area contributed by atoms with Gasteiger partial charge in [0.15, 0.2) is 0 Å². The first kappa shape index (κ1) is 13.4. The number of ether oxygens (including phenoxy) is 1. The van der Waals surface area contributed by atoms with E-state index in [1.54, 1.807) is 0 Å². The van der Waals surface area contributed by atoms with Crippen LogP contribution >= 0.6 is 0 Å². The number of benzene rings is 1. The summed E-state index contributed by atoms with van der Waals surface area (Å²) < 4.78 is 5.51. The largest absolute Gasteiger partial charge is 0.492 e. The molecule has 0 bridgehead atoms. The van der Waals surface area contributed by atoms with Gasteiger partial charge in [-0.2, -0.15) is 0 Å². The monoisotopic (exact) mass is 237 g/mol. The Hall–Kier alpha value is -1.71. The average Bonchev–Trinajstić information content (AvgIpc) is 2.29. The standard InChI is InChI=1S/C13H19NO3/c1-3-9-14(10-13(15)16)11-7-5-6-8-12(11)17-4-2/h5-8H,3-4,9-10H2,1-2H3,(H,15,16). The molecule has 0 amide bonds. The predicted molar refractivity (Wildman–Crippen MR) is 67.8 cm³/mol. The number of anilines is 1. The van der Waals surface area contributed by atoms with E-state index < -0.39 is 5.97 Å². The van der Waals surface area contributed by atoms with Crippen molar-refractivity contribution in [2.75, 3.05) is 24.6 Å². The molecule has 0 aliphatic heterocycles. The summed E-state index contributed by atoms with van der Waals surface area (Å²) in [5.74, 6) is -0.0885. The first-order valence-electron chi connectivity index (χ1n) is 5.87. The van der Waals surface area contributed by atoms with Crippen molar-refractivity contribution in [2.45, 2.75) is 20.3 Å². The fraction of sp³-hybridized carbons (Fsp3) is 0.462. The number of carboxylic acid groups (broad SMARTS) is 1. The molecule has 17 heavy (non-hydrogen) atoms. The van der Waals surface area contributed by atoms with Crippen LogP contribution in [0.5, 0.6) is 5.75 Å². The van der Waals surface area contributed by atoms with Gasteiger partial charge in [0.1, 0.15) is 12.3 Å². The number of nitrogens with zero attached hydrogens (tertiary/aromatic N) is 1. The molecule has 4 nitrogen and oxygen atoms in total. The number of para-hydroxylation sites is 2. The third-order valence-electron chi connectivity index (χ3n) is 2.33. The molecule has 0 radical (unpaired) electrons. The van der Waals surface area contributed by atoms with Crippen LogP contribution in [0.4, 0.5) is 5.69 Å². The maximum absolute atomic E-state index is 10.8. The SMILES string of the molecule is CCCN(CC(=O)O)c1ccccc1OCC. The number of carbonyl (C=O) groups is 1. The third-order valence-corrected chi connectivity index (χ3v) is 2.33. The Kier molecular flexibility index (Phi) is 5.33. The lowest BCUT2D eigenvalue weighted by Crippen LogP contribution is -2.30. The Morgan fingerprint density at radius 1 is 1.35 bits per heavy atom. The summed E-state index contributed by atoms with van der Waals surface area (Å²) in [6.07, 6.45) is 0.897. The molecule has 0 atom stereocenters. The first-order valence-corrected chi connectivity index (χ1v) is 5.87. The van der Waals surface area contributed by atoms with E-state index in [2.05, 4.69) is 0 Å². The van der Waals surface area contributed by atoms with E-state index in [0.29, 0.717) is 13.2 Å². The lowest BCUT2D eigenvalue weighted by molar-refractivity contribution is -0.135. The Balaban J connectivity index is 2.94. The molecular weight excluding hydrogens is 218 g/mol. The van der Waals surface area contributed by atoms with Crippen molar-refractivity contribution >= 4 is 11.7 Å². The summed E-state index contributed by atoms with van der Waals surface area (Å²) in [6, 6.07) is 7.54. The molecule has 0 heterocycles. The highest BCUT2D eigenvalue weighted by molar-refractivity contribution is 5.75. The van der Waals surface area contributed by atoms with Gasteiger partial charge >= 0.3 is 5.97 Å². The van der Waals surface area contributed by atoms with Crippen LogP contribution in [0.2, 0.25) is 0 Å². The molecule has 0 aliphatic carbocycles. The summed E-state index contributed by atoms with van der Waals surface area (Å²) in [6.45, 7) is 5.22. The van der Waals surface area contributed by atoms with E-state index in [9.17, 15) is 4.79 Å². The van der Waals surface area contributed by atoms with Gasteiger partial charge in [0.2, 0.25) is 0 Å². The van der Waals surface area contributed by atoms with Crippen LogP contribution in [0.1, 0.15) is 20.3 Å². The van der Waals surface area contributed by atoms with Gasteiger partial charge in [-0.25, -0.2) is 0 Å². The van der Waals surface area contributed by atoms with E-state index in [1.165, 1.54) is 0 Å². The minimum Gasteiger partial charge on any atom is -0.492 e. The van der Waals surface area contributed by atoms with Crippen molar-refractivity contribution < 1.29 is 14.6 Å². The quantitative estimate of drug-likeness (QED) is 0.791. The Morgan fingerprint density at radius 3 is 2.65 bits per heavy atom. The second-order valence-corrected chi connectivity index (χ2v) is 3.72. The number of aliphatic carboxylic acids is 1. The van der Waals surface area contributed by atoms with Crippen molar-refractivity contribution in [1.29, 1.82) is 0 Å². The van der Waals surface area contributed by atoms with Crippen LogP contribution in [0.15, 0.2) is 24.3 Å². The van der Waals surface area contributed by atoms with E-state index in [4.69, 9.17) is 9.84 Å². The third kappa shape index (κ3) is 3.98. The molecule has 0 saturated heterocycles. The van der Waals surface area contributed by atoms with Crippen LogP contribution < -0.4 is 9.64 Å². The molecule has 0 aromatic heterocycles. The minimum atomic E-state index is -0.829. The highest BCUT2D eigenvalue weighted by atomic mass is 16.5. The summed E-state index contributed by atoms with van der Waals surface area (Å²) in [5.41, 5.74) is 0.846. The van der Waals surface area contributed by atoms with Crippen molar-refractivity contribution in [3.05, 3.63) is 24.3 Å². The molecule has 1 aromatic carbocycles. The van der Waals surface area contributed by atoms with E-state index in [0.717, 1.165) is 17.9 Å². The van der Waals surface area contributed by atoms with Gasteiger partial charge in [-0.15, -0.1) is 0 Å². The topological polar surface area (TPSA) is 49.8 Å². The van der Waals surface area contributed by atoms with Crippen LogP contribution in [0.25, 0.3) is 0 Å². The zero-order valence-corrected chi connectivity index (χ0v) is 10.3. The molecule has 1 N–H and O–H groups in total. The molecule has 0 spiro atoms. The number of carboxylic acids is 1. The fourth-order valence-electron chi connectivity index (χ4n) is 1.71. The Labute approximate surface area is 102 Å². The highest BCUT2D eigenvalue weighted by Crippen LogP contribution is 2.27. The summed E-state index contributed by atoms with van der Waals surface area (Å²) >= 11 is 0. The van der Waals surface area contributed by atoms with Gasteiger partial charge in [-0.05, 0) is 25.5 Å². The normalized spacial score (nSPS) is 10.0. The molecule has 0 aliphatic rings. The second kappa shape index (κ2) is 6.78. The van der Waals surface area contributed by atoms with Gasteiger partial charge in [-0.3, -0.25) is 4.79 Å². The predicted octanol–water partition coefficient (Wildman–Crippen LogP) is 2.39. The van der Waals surface area contributed by atoms with Crippen molar-refractivity contribution in [3.8, 4) is 5.75 Å². The average molecular weight is 237 g/mol. The lowest BCUT2D eigenvalue weighted by atomic mass is 10.2. The van der Waals surface area contributed by atoms with E-state index in [-0.39, 0.29) is 6.54 Å². The maximum Gasteiger partial charge on any atom is 0.323 e. The van der Waals surface area contributed by atoms with Gasteiger partial charge in [-0.1, -0.05) is 19.1 Å². The van der Waals surface area contributed by atoms with Gasteiger partial charge < -0.3 is 14.7 Å². The summed E-state index contributed by atoms with van der Waals surface area (Å²) in [4.78, 5) is 12.7. The van der Waals surface area contributed by atoms with E-state index in [1.807, 2.05) is 43.0 Å². The maximum atomic E-state index is 10.8. The zero-order chi connectivity index (χ0) is 12.7. The molecular formula is C13H19NO3. The molecule has 1 rings (SSSR count). The highest BCUT2D eigenvalue weighted by Gasteiger charge is 2.13. The summed E-state index contributed by atoms with van der Waals surface area (Å²) in [7, 11) is 0. The molecule has 94 valence electrons.